The van der Waals surface area contributed by atoms with E-state index in [2.05, 4.69) is 41.1 Å². The monoisotopic (exact) mass is 1240 g/mol. The fraction of sp³-hybridized carbons (Fsp3) is 0.394. The molecule has 4 N–H and O–H groups in total. The van der Waals surface area contributed by atoms with Crippen molar-refractivity contribution in [3.63, 3.8) is 0 Å². The van der Waals surface area contributed by atoms with Gasteiger partial charge < -0.3 is 49.6 Å². The van der Waals surface area contributed by atoms with Crippen molar-refractivity contribution in [3.8, 4) is 68.8 Å². The number of nitrogens with zero attached hydrogens (tertiary/aromatic N) is 4. The number of carbonyl (C=O) groups is 4. The lowest BCUT2D eigenvalue weighted by molar-refractivity contribution is -0.138. The molecule has 0 spiro atoms. The third-order valence-electron chi connectivity index (χ3n) is 16.9. The molecule has 12 rings (SSSR count). The molecule has 0 bridgehead atoms. The highest BCUT2D eigenvalue weighted by Crippen LogP contribution is 2.44. The van der Waals surface area contributed by atoms with Gasteiger partial charge in [-0.25, -0.2) is 13.2 Å². The van der Waals surface area contributed by atoms with E-state index in [1.54, 1.807) is 72.8 Å². The molecule has 6 aromatic rings. The van der Waals surface area contributed by atoms with Gasteiger partial charge in [-0.1, -0.05) is 55.8 Å². The molecular weight excluding hydrogens is 1170 g/mol. The zero-order chi connectivity index (χ0) is 64.0. The highest BCUT2D eigenvalue weighted by atomic mass is 19.1. The molecular formula is C71H72F3N7O10. The molecule has 472 valence electrons. The molecule has 20 heteroatoms. The fourth-order valence-electron chi connectivity index (χ4n) is 11.2. The summed E-state index contributed by atoms with van der Waals surface area (Å²) >= 11 is 0. The minimum absolute atomic E-state index is 0.0180. The number of hydrogen-bond donors (Lipinski definition) is 4. The van der Waals surface area contributed by atoms with Gasteiger partial charge in [-0.2, -0.15) is 15.8 Å². The standard InChI is InChI=1S/C25H28N2O3.C24H23F2N3O4.C22H21FN2O3/c1-2-4-19-15-23(19)25(28)27-21-6-3-5-17(14-21)18-7-8-24(20(13-18)16-26)30-22-9-11-29-12-10-22;25-19-13-29(22(31)14-30)9-6-21(19)33-20-5-4-16(10-17(20)12-27)15-2-1-3-18(11-15)28-23(32)24(26)7-8-24;23-20-5-4-17(25-22(26)14-1-2-14)12-19(20)15-3-6-21(16(11-15)13-24)28-18-7-9-27-10-8-18/h3,5-8,13-14,19,22-23H,2,4,9-12,15H2,1H3,(H,27,28);1-5,10-11,19,21,30H,6-9,13-14H2,(H,28,32);3-6,11-12,14,18H,1-2,7-10H2,(H,25,26)/t19-,23-;19-,21+;/m01./s1. The average molecular weight is 1240 g/mol. The number of alkyl halides is 2. The summed E-state index contributed by atoms with van der Waals surface area (Å²) in [6, 6.07) is 41.2. The molecule has 3 aliphatic carbocycles. The first kappa shape index (κ1) is 64.7. The molecule has 91 heavy (non-hydrogen) atoms. The van der Waals surface area contributed by atoms with Crippen LogP contribution in [0.1, 0.15) is 101 Å². The molecule has 4 atom stereocenters. The number of ether oxygens (including phenoxy) is 5. The zero-order valence-electron chi connectivity index (χ0n) is 50.6. The number of aliphatic hydroxyl groups excluding tert-OH is 1. The zero-order valence-corrected chi connectivity index (χ0v) is 50.6. The first-order valence-corrected chi connectivity index (χ1v) is 31.1. The van der Waals surface area contributed by atoms with E-state index < -0.39 is 42.2 Å². The second-order valence-electron chi connectivity index (χ2n) is 23.7. The Morgan fingerprint density at radius 1 is 0.626 bits per heavy atom. The Balaban J connectivity index is 0.000000150. The van der Waals surface area contributed by atoms with E-state index in [0.717, 1.165) is 74.6 Å². The number of aliphatic hydroxyl groups is 1. The number of nitriles is 3. The van der Waals surface area contributed by atoms with E-state index in [4.69, 9.17) is 28.8 Å². The number of anilines is 3. The van der Waals surface area contributed by atoms with Crippen LogP contribution in [0.4, 0.5) is 30.2 Å². The van der Waals surface area contributed by atoms with Crippen LogP contribution in [0.15, 0.2) is 121 Å². The number of carbonyl (C=O) groups excluding carboxylic acids is 4. The summed E-state index contributed by atoms with van der Waals surface area (Å²) in [4.78, 5) is 49.2. The Bertz CT molecular complexity index is 3750. The van der Waals surface area contributed by atoms with Gasteiger partial charge in [0, 0.05) is 73.1 Å². The van der Waals surface area contributed by atoms with Crippen LogP contribution in [-0.4, -0.2) is 110 Å². The fourth-order valence-corrected chi connectivity index (χ4v) is 11.2. The number of likely N-dealkylation sites (tertiary alicyclic amines) is 1. The van der Waals surface area contributed by atoms with E-state index in [1.807, 2.05) is 42.5 Å². The Morgan fingerprint density at radius 2 is 1.13 bits per heavy atom. The predicted molar refractivity (Wildman–Crippen MR) is 334 cm³/mol. The number of nitrogens with one attached hydrogen (secondary N) is 3. The van der Waals surface area contributed by atoms with E-state index in [-0.39, 0.29) is 79.5 Å². The summed E-state index contributed by atoms with van der Waals surface area (Å²) in [5.41, 5.74) is 5.28. The average Bonchev–Trinajstić information content (AvgIpc) is 1.94. The normalized spacial score (nSPS) is 19.8. The molecule has 3 saturated heterocycles. The predicted octanol–water partition coefficient (Wildman–Crippen LogP) is 12.4. The summed E-state index contributed by atoms with van der Waals surface area (Å²) in [6.45, 7) is 4.26. The Hall–Kier alpha value is -9.26. The quantitative estimate of drug-likeness (QED) is 0.0626. The van der Waals surface area contributed by atoms with Crippen molar-refractivity contribution in [1.29, 1.82) is 15.8 Å². The van der Waals surface area contributed by atoms with Gasteiger partial charge in [0.15, 0.2) is 11.8 Å². The van der Waals surface area contributed by atoms with E-state index in [0.29, 0.717) is 88.6 Å². The van der Waals surface area contributed by atoms with Gasteiger partial charge in [0.25, 0.3) is 5.91 Å². The van der Waals surface area contributed by atoms with Gasteiger partial charge in [0.2, 0.25) is 17.7 Å². The van der Waals surface area contributed by atoms with Crippen molar-refractivity contribution in [3.05, 3.63) is 144 Å². The summed E-state index contributed by atoms with van der Waals surface area (Å²) in [7, 11) is 0. The lowest BCUT2D eigenvalue weighted by Crippen LogP contribution is -2.50. The van der Waals surface area contributed by atoms with Crippen LogP contribution in [0.5, 0.6) is 17.2 Å². The van der Waals surface area contributed by atoms with Crippen molar-refractivity contribution in [2.75, 3.05) is 62.1 Å². The minimum Gasteiger partial charge on any atom is -0.489 e. The molecule has 0 aromatic heterocycles. The summed E-state index contributed by atoms with van der Waals surface area (Å²) in [5.74, 6) is 0.591. The van der Waals surface area contributed by atoms with Gasteiger partial charge >= 0.3 is 0 Å². The van der Waals surface area contributed by atoms with Gasteiger partial charge in [0.1, 0.15) is 66.2 Å². The maximum atomic E-state index is 14.6. The molecule has 3 heterocycles. The third kappa shape index (κ3) is 17.2. The molecule has 17 nitrogen and oxygen atoms in total. The molecule has 0 unspecified atom stereocenters. The minimum atomic E-state index is -1.78. The number of rotatable bonds is 18. The van der Waals surface area contributed by atoms with Crippen molar-refractivity contribution in [2.45, 2.75) is 114 Å². The van der Waals surface area contributed by atoms with Crippen molar-refractivity contribution in [1.82, 2.24) is 4.90 Å². The SMILES string of the molecule is CCC[C@H]1C[C@@H]1C(=O)Nc1cccc(-c2ccc(OC3CCOCC3)c(C#N)c2)c1.N#Cc1cc(-c2cc(NC(=O)C3CC3)ccc2F)ccc1OC1CCOCC1.N#Cc1cc(-c2cccc(NC(=O)C3(F)CC3)c2)ccc1O[C@H]1CCN(C(=O)CO)C[C@H]1F. The van der Waals surface area contributed by atoms with Crippen LogP contribution in [0.3, 0.4) is 0 Å². The highest BCUT2D eigenvalue weighted by molar-refractivity contribution is 6.00. The van der Waals surface area contributed by atoms with E-state index >= 15 is 0 Å². The van der Waals surface area contributed by atoms with Crippen molar-refractivity contribution < 1.29 is 61.1 Å². The summed E-state index contributed by atoms with van der Waals surface area (Å²) < 4.78 is 71.4. The Labute approximate surface area is 527 Å². The molecule has 3 saturated carbocycles. The third-order valence-corrected chi connectivity index (χ3v) is 16.9. The number of piperidine rings is 1. The molecule has 4 amide bonds. The van der Waals surface area contributed by atoms with Gasteiger partial charge in [-0.05, 0) is 151 Å². The van der Waals surface area contributed by atoms with Crippen molar-refractivity contribution >= 4 is 40.7 Å². The first-order chi connectivity index (χ1) is 44.1. The molecule has 3 aliphatic heterocycles. The molecule has 6 fully saturated rings. The maximum Gasteiger partial charge on any atom is 0.262 e. The maximum absolute atomic E-state index is 14.6. The van der Waals surface area contributed by atoms with Gasteiger partial charge in [-0.3, -0.25) is 19.2 Å². The van der Waals surface area contributed by atoms with E-state index in [9.17, 15) is 48.1 Å². The van der Waals surface area contributed by atoms with Gasteiger partial charge in [-0.15, -0.1) is 0 Å². The molecule has 0 radical (unpaired) electrons. The van der Waals surface area contributed by atoms with E-state index in [1.165, 1.54) is 11.0 Å². The molecule has 6 aliphatic rings. The van der Waals surface area contributed by atoms with Crippen LogP contribution in [0.25, 0.3) is 33.4 Å². The highest BCUT2D eigenvalue weighted by Gasteiger charge is 2.51. The molecule has 6 aromatic carbocycles. The van der Waals surface area contributed by atoms with Crippen LogP contribution >= 0.6 is 0 Å². The lowest BCUT2D eigenvalue weighted by Gasteiger charge is -2.34. The first-order valence-electron chi connectivity index (χ1n) is 31.1. The number of benzene rings is 6. The summed E-state index contributed by atoms with van der Waals surface area (Å²) in [5, 5.41) is 46.1. The smallest absolute Gasteiger partial charge is 0.262 e. The Kier molecular flexibility index (Phi) is 21.4. The van der Waals surface area contributed by atoms with Crippen LogP contribution in [0.2, 0.25) is 0 Å². The van der Waals surface area contributed by atoms with Crippen LogP contribution in [0, 0.1) is 57.6 Å². The number of halogens is 3. The second-order valence-corrected chi connectivity index (χ2v) is 23.7. The van der Waals surface area contributed by atoms with Crippen LogP contribution < -0.4 is 30.2 Å². The van der Waals surface area contributed by atoms with Crippen molar-refractivity contribution in [2.24, 2.45) is 17.8 Å². The van der Waals surface area contributed by atoms with Gasteiger partial charge in [0.05, 0.1) is 49.7 Å². The number of hydrogen-bond acceptors (Lipinski definition) is 13. The second kappa shape index (κ2) is 30.0. The summed E-state index contributed by atoms with van der Waals surface area (Å²) in [6.07, 6.45) is 6.82. The Morgan fingerprint density at radius 3 is 1.65 bits per heavy atom. The largest absolute Gasteiger partial charge is 0.489 e. The van der Waals surface area contributed by atoms with Crippen LogP contribution in [-0.2, 0) is 28.7 Å². The lowest BCUT2D eigenvalue weighted by atomic mass is 10.0. The topological polar surface area (TPSA) is 245 Å². The number of amides is 4.